The number of nitrogens with one attached hydrogen (secondary N) is 1. The largest absolute Gasteiger partial charge is 0.479 e. The summed E-state index contributed by atoms with van der Waals surface area (Å²) in [4.78, 5) is 33.0. The van der Waals surface area contributed by atoms with Crippen molar-refractivity contribution in [2.24, 2.45) is 0 Å². The van der Waals surface area contributed by atoms with E-state index in [-0.39, 0.29) is 23.9 Å². The minimum absolute atomic E-state index is 0.0524. The maximum Gasteiger partial charge on any atom is 0.254 e. The Labute approximate surface area is 143 Å². The first-order chi connectivity index (χ1) is 12.1. The van der Waals surface area contributed by atoms with Crippen molar-refractivity contribution in [1.82, 2.24) is 20.0 Å². The molecule has 1 saturated heterocycles. The van der Waals surface area contributed by atoms with E-state index in [0.717, 1.165) is 0 Å². The summed E-state index contributed by atoms with van der Waals surface area (Å²) in [6, 6.07) is 2.70. The Hall–Kier alpha value is -2.68. The Morgan fingerprint density at radius 3 is 3.04 bits per heavy atom. The number of hydrogen-bond acceptors (Lipinski definition) is 7. The van der Waals surface area contributed by atoms with E-state index >= 15 is 0 Å². The molecule has 0 aromatic carbocycles. The standard InChI is InChI=1S/C16H20N4O5/c1-10-17-12(8-14(21)18-10)13-9-24-6-5-20(13)16(22)4-3-11-7-15(23-2)19-25-11/h7-8,13H,3-6,9H2,1-2H3,(H,17,18,21). The minimum Gasteiger partial charge on any atom is -0.479 e. The molecular weight excluding hydrogens is 328 g/mol. The van der Waals surface area contributed by atoms with Crippen LogP contribution in [0, 0.1) is 6.92 Å². The number of aryl methyl sites for hydroxylation is 2. The van der Waals surface area contributed by atoms with Crippen molar-refractivity contribution in [1.29, 1.82) is 0 Å². The van der Waals surface area contributed by atoms with Crippen molar-refractivity contribution in [2.75, 3.05) is 26.9 Å². The van der Waals surface area contributed by atoms with Crippen LogP contribution < -0.4 is 10.3 Å². The molecule has 3 rings (SSSR count). The van der Waals surface area contributed by atoms with Crippen molar-refractivity contribution in [3.63, 3.8) is 0 Å². The Bertz CT molecular complexity index is 800. The van der Waals surface area contributed by atoms with Gasteiger partial charge in [0, 0.05) is 31.5 Å². The summed E-state index contributed by atoms with van der Waals surface area (Å²) in [5.41, 5.74) is 0.296. The Morgan fingerprint density at radius 2 is 2.32 bits per heavy atom. The molecule has 1 aliphatic rings. The zero-order valence-electron chi connectivity index (χ0n) is 14.2. The van der Waals surface area contributed by atoms with E-state index in [1.807, 2.05) is 0 Å². The van der Waals surface area contributed by atoms with Crippen LogP contribution in [-0.2, 0) is 16.0 Å². The van der Waals surface area contributed by atoms with E-state index in [1.54, 1.807) is 17.9 Å². The molecule has 0 aliphatic carbocycles. The van der Waals surface area contributed by atoms with Gasteiger partial charge in [-0.15, -0.1) is 0 Å². The SMILES string of the molecule is COc1cc(CCC(=O)N2CCOCC2c2cc(=O)[nH]c(C)n2)on1. The second-order valence-electron chi connectivity index (χ2n) is 5.77. The predicted molar refractivity (Wildman–Crippen MR) is 86.2 cm³/mol. The van der Waals surface area contributed by atoms with E-state index in [9.17, 15) is 9.59 Å². The van der Waals surface area contributed by atoms with Crippen molar-refractivity contribution >= 4 is 5.91 Å². The lowest BCUT2D eigenvalue weighted by atomic mass is 10.1. The molecule has 1 atom stereocenters. The van der Waals surface area contributed by atoms with Gasteiger partial charge in [-0.1, -0.05) is 0 Å². The number of ether oxygens (including phenoxy) is 2. The molecule has 9 heteroatoms. The highest BCUT2D eigenvalue weighted by Crippen LogP contribution is 2.23. The second-order valence-corrected chi connectivity index (χ2v) is 5.77. The van der Waals surface area contributed by atoms with Crippen molar-refractivity contribution in [3.8, 4) is 5.88 Å². The molecule has 0 radical (unpaired) electrons. The lowest BCUT2D eigenvalue weighted by Gasteiger charge is -2.35. The van der Waals surface area contributed by atoms with Gasteiger partial charge in [0.1, 0.15) is 11.6 Å². The van der Waals surface area contributed by atoms with Crippen LogP contribution in [0.5, 0.6) is 5.88 Å². The number of carbonyl (C=O) groups is 1. The number of carbonyl (C=O) groups excluding carboxylic acids is 1. The first-order valence-corrected chi connectivity index (χ1v) is 8.01. The summed E-state index contributed by atoms with van der Waals surface area (Å²) in [5, 5.41) is 3.72. The van der Waals surface area contributed by atoms with Gasteiger partial charge in [0.25, 0.3) is 11.4 Å². The lowest BCUT2D eigenvalue weighted by Crippen LogP contribution is -2.44. The van der Waals surface area contributed by atoms with Gasteiger partial charge in [-0.05, 0) is 12.1 Å². The summed E-state index contributed by atoms with van der Waals surface area (Å²) in [6.07, 6.45) is 0.679. The third-order valence-corrected chi connectivity index (χ3v) is 4.00. The smallest absolute Gasteiger partial charge is 0.254 e. The number of hydrogen-bond donors (Lipinski definition) is 1. The fourth-order valence-corrected chi connectivity index (χ4v) is 2.80. The number of nitrogens with zero attached hydrogens (tertiary/aromatic N) is 3. The van der Waals surface area contributed by atoms with Crippen LogP contribution in [0.15, 0.2) is 21.5 Å². The topological polar surface area (TPSA) is 111 Å². The molecule has 9 nitrogen and oxygen atoms in total. The van der Waals surface area contributed by atoms with Crippen molar-refractivity contribution in [3.05, 3.63) is 39.8 Å². The molecule has 0 spiro atoms. The van der Waals surface area contributed by atoms with Crippen LogP contribution in [0.1, 0.15) is 29.7 Å². The third kappa shape index (κ3) is 4.05. The van der Waals surface area contributed by atoms with Crippen LogP contribution in [0.3, 0.4) is 0 Å². The molecular formula is C16H20N4O5. The zero-order valence-corrected chi connectivity index (χ0v) is 14.2. The molecule has 3 heterocycles. The Kier molecular flexibility index (Phi) is 5.13. The number of rotatable bonds is 5. The summed E-state index contributed by atoms with van der Waals surface area (Å²) in [5.74, 6) is 1.42. The van der Waals surface area contributed by atoms with Gasteiger partial charge in [-0.3, -0.25) is 9.59 Å². The number of methoxy groups -OCH3 is 1. The monoisotopic (exact) mass is 348 g/mol. The molecule has 0 bridgehead atoms. The van der Waals surface area contributed by atoms with Crippen LogP contribution in [0.2, 0.25) is 0 Å². The third-order valence-electron chi connectivity index (χ3n) is 4.00. The highest BCUT2D eigenvalue weighted by molar-refractivity contribution is 5.77. The molecule has 2 aromatic rings. The average Bonchev–Trinajstić information content (AvgIpc) is 3.07. The Morgan fingerprint density at radius 1 is 1.48 bits per heavy atom. The Balaban J connectivity index is 1.71. The van der Waals surface area contributed by atoms with Gasteiger partial charge < -0.3 is 23.9 Å². The van der Waals surface area contributed by atoms with E-state index in [0.29, 0.717) is 49.3 Å². The highest BCUT2D eigenvalue weighted by Gasteiger charge is 2.30. The van der Waals surface area contributed by atoms with Gasteiger partial charge in [0.15, 0.2) is 0 Å². The molecule has 1 fully saturated rings. The first-order valence-electron chi connectivity index (χ1n) is 8.01. The van der Waals surface area contributed by atoms with Crippen molar-refractivity contribution < 1.29 is 18.8 Å². The molecule has 0 saturated carbocycles. The zero-order chi connectivity index (χ0) is 17.8. The number of morpholine rings is 1. The van der Waals surface area contributed by atoms with E-state index in [2.05, 4.69) is 15.1 Å². The fourth-order valence-electron chi connectivity index (χ4n) is 2.80. The van der Waals surface area contributed by atoms with Crippen LogP contribution >= 0.6 is 0 Å². The van der Waals surface area contributed by atoms with E-state index in [4.69, 9.17) is 14.0 Å². The van der Waals surface area contributed by atoms with Crippen LogP contribution in [-0.4, -0.2) is 52.8 Å². The first kappa shape index (κ1) is 17.2. The number of amides is 1. The lowest BCUT2D eigenvalue weighted by molar-refractivity contribution is -0.140. The maximum atomic E-state index is 12.7. The molecule has 2 aromatic heterocycles. The second kappa shape index (κ2) is 7.47. The van der Waals surface area contributed by atoms with Gasteiger partial charge in [-0.25, -0.2) is 4.98 Å². The number of aromatic amines is 1. The minimum atomic E-state index is -0.369. The van der Waals surface area contributed by atoms with Crippen LogP contribution in [0.25, 0.3) is 0 Å². The molecule has 134 valence electrons. The van der Waals surface area contributed by atoms with Gasteiger partial charge in [0.2, 0.25) is 5.91 Å². The normalized spacial score (nSPS) is 17.5. The number of H-pyrrole nitrogens is 1. The maximum absolute atomic E-state index is 12.7. The molecule has 1 N–H and O–H groups in total. The summed E-state index contributed by atoms with van der Waals surface area (Å²) in [6.45, 7) is 2.94. The van der Waals surface area contributed by atoms with Crippen LogP contribution in [0.4, 0.5) is 0 Å². The molecule has 1 amide bonds. The van der Waals surface area contributed by atoms with Gasteiger partial charge in [-0.2, -0.15) is 0 Å². The molecule has 1 aliphatic heterocycles. The fraction of sp³-hybridized carbons (Fsp3) is 0.500. The molecule has 1 unspecified atom stereocenters. The highest BCUT2D eigenvalue weighted by atomic mass is 16.5. The predicted octanol–water partition coefficient (Wildman–Crippen LogP) is 0.608. The van der Waals surface area contributed by atoms with Gasteiger partial charge >= 0.3 is 0 Å². The number of aromatic nitrogens is 3. The van der Waals surface area contributed by atoms with Gasteiger partial charge in [0.05, 0.1) is 32.1 Å². The quantitative estimate of drug-likeness (QED) is 0.842. The summed E-state index contributed by atoms with van der Waals surface area (Å²) >= 11 is 0. The summed E-state index contributed by atoms with van der Waals surface area (Å²) in [7, 11) is 1.50. The summed E-state index contributed by atoms with van der Waals surface area (Å²) < 4.78 is 15.6. The van der Waals surface area contributed by atoms with E-state index < -0.39 is 0 Å². The molecule has 25 heavy (non-hydrogen) atoms. The van der Waals surface area contributed by atoms with E-state index in [1.165, 1.54) is 13.2 Å². The average molecular weight is 348 g/mol. The van der Waals surface area contributed by atoms with Crippen molar-refractivity contribution in [2.45, 2.75) is 25.8 Å².